The molecular formula is C13H25N3O3. The van der Waals surface area contributed by atoms with Gasteiger partial charge < -0.3 is 20.3 Å². The third-order valence-corrected chi connectivity index (χ3v) is 3.19. The van der Waals surface area contributed by atoms with E-state index in [1.165, 1.54) is 0 Å². The minimum absolute atomic E-state index is 0.00561. The highest BCUT2D eigenvalue weighted by atomic mass is 16.5. The molecule has 1 unspecified atom stereocenters. The Morgan fingerprint density at radius 2 is 2.37 bits per heavy atom. The summed E-state index contributed by atoms with van der Waals surface area (Å²) in [6, 6.07) is -0.396. The molecule has 1 fully saturated rings. The Hall–Kier alpha value is -1.14. The van der Waals surface area contributed by atoms with E-state index in [1.807, 2.05) is 0 Å². The maximum absolute atomic E-state index is 12.1. The number of amides is 2. The summed E-state index contributed by atoms with van der Waals surface area (Å²) in [6.45, 7) is 5.28. The van der Waals surface area contributed by atoms with Gasteiger partial charge in [-0.3, -0.25) is 9.59 Å². The van der Waals surface area contributed by atoms with Gasteiger partial charge in [0.15, 0.2) is 0 Å². The Kier molecular flexibility index (Phi) is 7.43. The molecule has 6 nitrogen and oxygen atoms in total. The molecule has 110 valence electrons. The molecule has 1 atom stereocenters. The number of hydrogen-bond donors (Lipinski definition) is 2. The van der Waals surface area contributed by atoms with Gasteiger partial charge >= 0.3 is 0 Å². The van der Waals surface area contributed by atoms with Crippen molar-refractivity contribution < 1.29 is 14.3 Å². The second-order valence-corrected chi connectivity index (χ2v) is 4.73. The summed E-state index contributed by atoms with van der Waals surface area (Å²) in [5.74, 6) is -0.0677. The van der Waals surface area contributed by atoms with Gasteiger partial charge in [0, 0.05) is 33.3 Å². The summed E-state index contributed by atoms with van der Waals surface area (Å²) < 4.78 is 4.98. The van der Waals surface area contributed by atoms with E-state index in [4.69, 9.17) is 4.74 Å². The second kappa shape index (κ2) is 8.87. The van der Waals surface area contributed by atoms with Gasteiger partial charge in [-0.1, -0.05) is 13.3 Å². The van der Waals surface area contributed by atoms with Crippen molar-refractivity contribution in [2.75, 3.05) is 39.9 Å². The van der Waals surface area contributed by atoms with Gasteiger partial charge in [0.05, 0.1) is 19.1 Å². The minimum atomic E-state index is -0.396. The molecule has 0 aromatic rings. The van der Waals surface area contributed by atoms with E-state index in [0.29, 0.717) is 26.2 Å². The molecule has 6 heteroatoms. The average molecular weight is 271 g/mol. The topological polar surface area (TPSA) is 70.7 Å². The van der Waals surface area contributed by atoms with Crippen molar-refractivity contribution in [1.29, 1.82) is 0 Å². The number of rotatable bonds is 8. The van der Waals surface area contributed by atoms with Crippen LogP contribution in [0.2, 0.25) is 0 Å². The molecule has 0 aliphatic carbocycles. The van der Waals surface area contributed by atoms with Crippen molar-refractivity contribution >= 4 is 11.8 Å². The predicted molar refractivity (Wildman–Crippen MR) is 72.8 cm³/mol. The van der Waals surface area contributed by atoms with Gasteiger partial charge in [-0.15, -0.1) is 0 Å². The lowest BCUT2D eigenvalue weighted by Gasteiger charge is -2.32. The van der Waals surface area contributed by atoms with Gasteiger partial charge in [0.1, 0.15) is 0 Å². The monoisotopic (exact) mass is 271 g/mol. The fraction of sp³-hybridized carbons (Fsp3) is 0.846. The maximum atomic E-state index is 12.1. The summed E-state index contributed by atoms with van der Waals surface area (Å²) in [6.07, 6.45) is 2.23. The first-order valence-corrected chi connectivity index (χ1v) is 6.96. The third kappa shape index (κ3) is 5.57. The molecule has 0 saturated carbocycles. The minimum Gasteiger partial charge on any atom is -0.383 e. The van der Waals surface area contributed by atoms with Crippen molar-refractivity contribution in [2.45, 2.75) is 32.2 Å². The molecule has 1 rings (SSSR count). The molecule has 0 bridgehead atoms. The van der Waals surface area contributed by atoms with Gasteiger partial charge in [0.25, 0.3) is 0 Å². The van der Waals surface area contributed by atoms with Gasteiger partial charge in [-0.2, -0.15) is 0 Å². The van der Waals surface area contributed by atoms with E-state index in [1.54, 1.807) is 12.0 Å². The molecule has 2 amide bonds. The Morgan fingerprint density at radius 1 is 1.58 bits per heavy atom. The summed E-state index contributed by atoms with van der Waals surface area (Å²) >= 11 is 0. The lowest BCUT2D eigenvalue weighted by molar-refractivity contribution is -0.138. The zero-order valence-corrected chi connectivity index (χ0v) is 11.9. The van der Waals surface area contributed by atoms with Crippen LogP contribution in [0.25, 0.3) is 0 Å². The van der Waals surface area contributed by atoms with E-state index in [0.717, 1.165) is 19.4 Å². The summed E-state index contributed by atoms with van der Waals surface area (Å²) in [4.78, 5) is 25.6. The van der Waals surface area contributed by atoms with Crippen LogP contribution >= 0.6 is 0 Å². The number of carbonyl (C=O) groups is 2. The highest BCUT2D eigenvalue weighted by Crippen LogP contribution is 2.05. The zero-order chi connectivity index (χ0) is 14.1. The van der Waals surface area contributed by atoms with Crippen LogP contribution in [0.15, 0.2) is 0 Å². The Bertz CT molecular complexity index is 297. The Labute approximate surface area is 114 Å². The molecule has 0 spiro atoms. The first kappa shape index (κ1) is 15.9. The van der Waals surface area contributed by atoms with Crippen molar-refractivity contribution in [3.63, 3.8) is 0 Å². The smallest absolute Gasteiger partial charge is 0.240 e. The molecule has 0 radical (unpaired) electrons. The van der Waals surface area contributed by atoms with Crippen LogP contribution in [0.4, 0.5) is 0 Å². The Balaban J connectivity index is 2.35. The van der Waals surface area contributed by atoms with E-state index in [-0.39, 0.29) is 18.2 Å². The molecular weight excluding hydrogens is 246 g/mol. The number of methoxy groups -OCH3 is 1. The largest absolute Gasteiger partial charge is 0.383 e. The van der Waals surface area contributed by atoms with Crippen molar-refractivity contribution in [3.05, 3.63) is 0 Å². The van der Waals surface area contributed by atoms with Gasteiger partial charge in [-0.05, 0) is 6.42 Å². The number of nitrogens with zero attached hydrogens (tertiary/aromatic N) is 1. The van der Waals surface area contributed by atoms with E-state index < -0.39 is 6.04 Å². The second-order valence-electron chi connectivity index (χ2n) is 4.73. The van der Waals surface area contributed by atoms with Crippen molar-refractivity contribution in [1.82, 2.24) is 15.5 Å². The van der Waals surface area contributed by atoms with E-state index in [2.05, 4.69) is 17.6 Å². The lowest BCUT2D eigenvalue weighted by atomic mass is 10.1. The molecule has 1 saturated heterocycles. The van der Waals surface area contributed by atoms with Gasteiger partial charge in [0.2, 0.25) is 11.8 Å². The molecule has 0 aromatic heterocycles. The van der Waals surface area contributed by atoms with Crippen LogP contribution in [-0.2, 0) is 14.3 Å². The maximum Gasteiger partial charge on any atom is 0.240 e. The highest BCUT2D eigenvalue weighted by Gasteiger charge is 2.29. The first-order chi connectivity index (χ1) is 9.19. The summed E-state index contributed by atoms with van der Waals surface area (Å²) in [5.41, 5.74) is 0. The summed E-state index contributed by atoms with van der Waals surface area (Å²) in [5, 5.41) is 5.94. The van der Waals surface area contributed by atoms with E-state index >= 15 is 0 Å². The van der Waals surface area contributed by atoms with Crippen LogP contribution in [0.3, 0.4) is 0 Å². The van der Waals surface area contributed by atoms with E-state index in [9.17, 15) is 9.59 Å². The molecule has 1 aliphatic heterocycles. The normalized spacial score (nSPS) is 19.6. The van der Waals surface area contributed by atoms with Crippen LogP contribution in [0.5, 0.6) is 0 Å². The molecule has 19 heavy (non-hydrogen) atoms. The van der Waals surface area contributed by atoms with Crippen molar-refractivity contribution in [3.8, 4) is 0 Å². The standard InChI is InChI=1S/C13H25N3O3/c1-3-4-5-15-12(17)10-11-13(18)16(7-6-14-11)8-9-19-2/h11,14H,3-10H2,1-2H3,(H,15,17). The summed E-state index contributed by atoms with van der Waals surface area (Å²) in [7, 11) is 1.62. The molecule has 2 N–H and O–H groups in total. The predicted octanol–water partition coefficient (Wildman–Crippen LogP) is -0.260. The van der Waals surface area contributed by atoms with Crippen LogP contribution < -0.4 is 10.6 Å². The number of unbranched alkanes of at least 4 members (excludes halogenated alkanes) is 1. The first-order valence-electron chi connectivity index (χ1n) is 6.96. The lowest BCUT2D eigenvalue weighted by Crippen LogP contribution is -2.56. The number of carbonyl (C=O) groups excluding carboxylic acids is 2. The molecule has 1 aliphatic rings. The third-order valence-electron chi connectivity index (χ3n) is 3.19. The quantitative estimate of drug-likeness (QED) is 0.597. The van der Waals surface area contributed by atoms with Crippen molar-refractivity contribution in [2.24, 2.45) is 0 Å². The fourth-order valence-corrected chi connectivity index (χ4v) is 2.04. The molecule has 0 aromatic carbocycles. The molecule has 1 heterocycles. The van der Waals surface area contributed by atoms with Crippen LogP contribution in [0.1, 0.15) is 26.2 Å². The van der Waals surface area contributed by atoms with Crippen LogP contribution in [0, 0.1) is 0 Å². The number of hydrogen-bond acceptors (Lipinski definition) is 4. The SMILES string of the molecule is CCCCNC(=O)CC1NCCN(CCOC)C1=O. The number of piperazine rings is 1. The van der Waals surface area contributed by atoms with Gasteiger partial charge in [-0.25, -0.2) is 0 Å². The Morgan fingerprint density at radius 3 is 3.05 bits per heavy atom. The number of nitrogens with one attached hydrogen (secondary N) is 2. The fourth-order valence-electron chi connectivity index (χ4n) is 2.04. The average Bonchev–Trinajstić information content (AvgIpc) is 2.40. The van der Waals surface area contributed by atoms with Crippen LogP contribution in [-0.4, -0.2) is 62.7 Å². The number of ether oxygens (including phenoxy) is 1. The zero-order valence-electron chi connectivity index (χ0n) is 11.9. The highest BCUT2D eigenvalue weighted by molar-refractivity contribution is 5.88.